The third-order valence-corrected chi connectivity index (χ3v) is 3.78. The zero-order valence-corrected chi connectivity index (χ0v) is 11.8. The molecule has 0 amide bonds. The lowest BCUT2D eigenvalue weighted by molar-refractivity contribution is 0.193. The van der Waals surface area contributed by atoms with Gasteiger partial charge in [0.2, 0.25) is 0 Å². The van der Waals surface area contributed by atoms with Crippen LogP contribution in [-0.2, 0) is 6.54 Å². The van der Waals surface area contributed by atoms with E-state index < -0.39 is 0 Å². The van der Waals surface area contributed by atoms with E-state index >= 15 is 0 Å². The van der Waals surface area contributed by atoms with Gasteiger partial charge in [-0.25, -0.2) is 15.0 Å². The van der Waals surface area contributed by atoms with Crippen LogP contribution in [0.2, 0.25) is 0 Å². The van der Waals surface area contributed by atoms with Crippen LogP contribution in [0.4, 0.5) is 5.82 Å². The molecule has 1 aliphatic rings. The Hall–Kier alpha value is -1.73. The number of nitrogens with one attached hydrogen (secondary N) is 1. The lowest BCUT2D eigenvalue weighted by atomic mass is 10.2. The van der Waals surface area contributed by atoms with E-state index in [1.165, 1.54) is 0 Å². The molecule has 3 heterocycles. The van der Waals surface area contributed by atoms with Gasteiger partial charge in [0.05, 0.1) is 12.4 Å². The van der Waals surface area contributed by atoms with Gasteiger partial charge in [0.25, 0.3) is 0 Å². The van der Waals surface area contributed by atoms with Crippen LogP contribution in [0.3, 0.4) is 0 Å². The highest BCUT2D eigenvalue weighted by molar-refractivity contribution is 5.83. The van der Waals surface area contributed by atoms with Gasteiger partial charge in [-0.2, -0.15) is 0 Å². The van der Waals surface area contributed by atoms with E-state index in [0.717, 1.165) is 36.5 Å². The van der Waals surface area contributed by atoms with Crippen LogP contribution in [0.25, 0.3) is 11.2 Å². The highest BCUT2D eigenvalue weighted by atomic mass is 16.3. The molecule has 2 atom stereocenters. The molecule has 0 spiro atoms. The Kier molecular flexibility index (Phi) is 3.54. The number of aliphatic hydroxyl groups excluding tert-OH is 1. The molecule has 7 heteroatoms. The maximum absolute atomic E-state index is 9.57. The lowest BCUT2D eigenvalue weighted by Gasteiger charge is -2.22. The topological polar surface area (TPSA) is 79.1 Å². The zero-order chi connectivity index (χ0) is 14.1. The van der Waals surface area contributed by atoms with Crippen LogP contribution in [0.15, 0.2) is 12.7 Å². The third-order valence-electron chi connectivity index (χ3n) is 3.78. The van der Waals surface area contributed by atoms with Crippen molar-refractivity contribution in [3.63, 3.8) is 0 Å². The Morgan fingerprint density at radius 2 is 2.30 bits per heavy atom. The first-order valence-corrected chi connectivity index (χ1v) is 6.97. The number of rotatable bonds is 4. The molecule has 1 fully saturated rings. The lowest BCUT2D eigenvalue weighted by Crippen LogP contribution is -2.35. The predicted octanol–water partition coefficient (Wildman–Crippen LogP) is 0.00520. The molecule has 108 valence electrons. The summed E-state index contributed by atoms with van der Waals surface area (Å²) in [5.41, 5.74) is 1.69. The van der Waals surface area contributed by atoms with Gasteiger partial charge in [-0.15, -0.1) is 0 Å². The van der Waals surface area contributed by atoms with E-state index in [0.29, 0.717) is 6.54 Å². The average molecular weight is 276 g/mol. The van der Waals surface area contributed by atoms with Crippen molar-refractivity contribution in [3.8, 4) is 0 Å². The number of hydrogen-bond donors (Lipinski definition) is 2. The monoisotopic (exact) mass is 276 g/mol. The number of aryl methyl sites for hydroxylation is 1. The number of anilines is 1. The van der Waals surface area contributed by atoms with Crippen LogP contribution in [0.1, 0.15) is 13.3 Å². The average Bonchev–Trinajstić information content (AvgIpc) is 3.04. The van der Waals surface area contributed by atoms with Gasteiger partial charge in [0.1, 0.15) is 6.33 Å². The van der Waals surface area contributed by atoms with E-state index in [-0.39, 0.29) is 12.1 Å². The maximum atomic E-state index is 9.57. The Labute approximate surface area is 117 Å². The summed E-state index contributed by atoms with van der Waals surface area (Å²) in [7, 11) is 2.00. The summed E-state index contributed by atoms with van der Waals surface area (Å²) in [6.45, 7) is 4.37. The van der Waals surface area contributed by atoms with Crippen molar-refractivity contribution in [2.75, 3.05) is 25.0 Å². The minimum absolute atomic E-state index is 0.238. The van der Waals surface area contributed by atoms with Crippen molar-refractivity contribution in [1.82, 2.24) is 24.8 Å². The largest absolute Gasteiger partial charge is 0.392 e. The summed E-state index contributed by atoms with van der Waals surface area (Å²) >= 11 is 0. The van der Waals surface area contributed by atoms with E-state index in [1.807, 2.05) is 11.6 Å². The van der Waals surface area contributed by atoms with E-state index in [1.54, 1.807) is 12.7 Å². The van der Waals surface area contributed by atoms with Crippen molar-refractivity contribution >= 4 is 17.0 Å². The number of likely N-dealkylation sites (N-methyl/N-ethyl adjacent to an activating group) is 1. The van der Waals surface area contributed by atoms with Crippen LogP contribution >= 0.6 is 0 Å². The van der Waals surface area contributed by atoms with Gasteiger partial charge in [-0.1, -0.05) is 0 Å². The van der Waals surface area contributed by atoms with Crippen LogP contribution in [0, 0.1) is 0 Å². The molecule has 3 rings (SSSR count). The van der Waals surface area contributed by atoms with Gasteiger partial charge in [-0.05, 0) is 13.3 Å². The van der Waals surface area contributed by atoms with Gasteiger partial charge < -0.3 is 19.9 Å². The van der Waals surface area contributed by atoms with Crippen molar-refractivity contribution in [1.29, 1.82) is 0 Å². The second kappa shape index (κ2) is 5.34. The number of imidazole rings is 1. The Bertz CT molecular complexity index is 598. The molecule has 0 unspecified atom stereocenters. The molecule has 0 saturated carbocycles. The summed E-state index contributed by atoms with van der Waals surface area (Å²) in [4.78, 5) is 15.2. The molecule has 0 aromatic carbocycles. The SMILES string of the molecule is CCn1cnc2c(N(C)C[C@@H]3C[C@@H](O)CN3)ncnc21. The number of fused-ring (bicyclic) bond motifs is 1. The number of aromatic nitrogens is 4. The third kappa shape index (κ3) is 2.34. The fraction of sp³-hybridized carbons (Fsp3) is 0.615. The van der Waals surface area contributed by atoms with Crippen molar-refractivity contribution in [2.24, 2.45) is 0 Å². The molecule has 1 aliphatic heterocycles. The van der Waals surface area contributed by atoms with Crippen molar-refractivity contribution in [3.05, 3.63) is 12.7 Å². The molecule has 0 radical (unpaired) electrons. The number of hydrogen-bond acceptors (Lipinski definition) is 6. The number of aliphatic hydroxyl groups is 1. The van der Waals surface area contributed by atoms with E-state index in [4.69, 9.17) is 0 Å². The fourth-order valence-electron chi connectivity index (χ4n) is 2.73. The molecule has 20 heavy (non-hydrogen) atoms. The smallest absolute Gasteiger partial charge is 0.165 e. The second-order valence-electron chi connectivity index (χ2n) is 5.28. The first-order valence-electron chi connectivity index (χ1n) is 6.97. The standard InChI is InChI=1S/C13H20N6O/c1-3-19-8-17-11-12(15-7-16-13(11)19)18(2)6-9-4-10(20)5-14-9/h7-10,14,20H,3-6H2,1-2H3/t9-,10+/m0/s1. The summed E-state index contributed by atoms with van der Waals surface area (Å²) in [6.07, 6.45) is 3.92. The quantitative estimate of drug-likeness (QED) is 0.818. The fourth-order valence-corrected chi connectivity index (χ4v) is 2.73. The molecule has 0 aliphatic carbocycles. The highest BCUT2D eigenvalue weighted by Crippen LogP contribution is 2.21. The predicted molar refractivity (Wildman–Crippen MR) is 76.7 cm³/mol. The molecule has 2 N–H and O–H groups in total. The summed E-state index contributed by atoms with van der Waals surface area (Å²) in [5, 5.41) is 12.9. The van der Waals surface area contributed by atoms with Crippen LogP contribution in [0.5, 0.6) is 0 Å². The molecule has 2 aromatic heterocycles. The van der Waals surface area contributed by atoms with Crippen molar-refractivity contribution < 1.29 is 5.11 Å². The maximum Gasteiger partial charge on any atom is 0.165 e. The number of β-amino-alcohol motifs (C(OH)–C–C–N with tert-alkyl or cyclic N) is 1. The van der Waals surface area contributed by atoms with Gasteiger partial charge in [0, 0.05) is 32.7 Å². The number of nitrogens with zero attached hydrogens (tertiary/aromatic N) is 5. The molecule has 2 aromatic rings. The van der Waals surface area contributed by atoms with Gasteiger partial charge in [0.15, 0.2) is 17.0 Å². The molecular formula is C13H20N6O. The molecule has 7 nitrogen and oxygen atoms in total. The summed E-state index contributed by atoms with van der Waals surface area (Å²) in [6, 6.07) is 0.285. The summed E-state index contributed by atoms with van der Waals surface area (Å²) in [5.74, 6) is 0.838. The second-order valence-corrected chi connectivity index (χ2v) is 5.28. The van der Waals surface area contributed by atoms with E-state index in [2.05, 4.69) is 32.1 Å². The van der Waals surface area contributed by atoms with Crippen LogP contribution in [-0.4, -0.2) is 56.9 Å². The minimum Gasteiger partial charge on any atom is -0.392 e. The van der Waals surface area contributed by atoms with Crippen LogP contribution < -0.4 is 10.2 Å². The minimum atomic E-state index is -0.238. The highest BCUT2D eigenvalue weighted by Gasteiger charge is 2.24. The molecule has 0 bridgehead atoms. The van der Waals surface area contributed by atoms with Crippen molar-refractivity contribution in [2.45, 2.75) is 32.0 Å². The van der Waals surface area contributed by atoms with Gasteiger partial charge >= 0.3 is 0 Å². The summed E-state index contributed by atoms with van der Waals surface area (Å²) < 4.78 is 2.01. The van der Waals surface area contributed by atoms with Gasteiger partial charge in [-0.3, -0.25) is 0 Å². The first-order chi connectivity index (χ1) is 9.69. The Morgan fingerprint density at radius 3 is 3.00 bits per heavy atom. The Balaban J connectivity index is 1.84. The normalized spacial score (nSPS) is 22.6. The molecule has 1 saturated heterocycles. The first kappa shape index (κ1) is 13.3. The van der Waals surface area contributed by atoms with E-state index in [9.17, 15) is 5.11 Å². The zero-order valence-electron chi connectivity index (χ0n) is 11.8. The molecular weight excluding hydrogens is 256 g/mol. The Morgan fingerprint density at radius 1 is 1.45 bits per heavy atom.